The maximum Gasteiger partial charge on any atom is 0.306 e. The maximum absolute atomic E-state index is 13.5. The van der Waals surface area contributed by atoms with Gasteiger partial charge in [-0.3, -0.25) is 9.59 Å². The van der Waals surface area contributed by atoms with Crippen LogP contribution in [0.15, 0.2) is 72.9 Å². The van der Waals surface area contributed by atoms with Gasteiger partial charge in [-0.15, -0.1) is 0 Å². The van der Waals surface area contributed by atoms with Crippen molar-refractivity contribution < 1.29 is 49.3 Å². The Bertz CT molecular complexity index is 1780. The summed E-state index contributed by atoms with van der Waals surface area (Å²) in [4.78, 5) is 26.8. The van der Waals surface area contributed by atoms with Crippen LogP contribution < -0.4 is 5.32 Å². The molecule has 8 unspecified atom stereocenters. The average molecular weight is 1300 g/mol. The van der Waals surface area contributed by atoms with Gasteiger partial charge in [-0.2, -0.15) is 0 Å². The summed E-state index contributed by atoms with van der Waals surface area (Å²) in [7, 11) is 0. The van der Waals surface area contributed by atoms with E-state index in [1.54, 1.807) is 6.08 Å². The molecule has 1 aliphatic rings. The van der Waals surface area contributed by atoms with Gasteiger partial charge in [-0.05, 0) is 96.3 Å². The molecule has 1 fully saturated rings. The zero-order valence-electron chi connectivity index (χ0n) is 59.9. The predicted molar refractivity (Wildman–Crippen MR) is 389 cm³/mol. The van der Waals surface area contributed by atoms with E-state index in [0.29, 0.717) is 12.8 Å². The first-order valence-corrected chi connectivity index (χ1v) is 39.2. The Kier molecular flexibility index (Phi) is 64.4. The number of aliphatic hydroxyl groups is 5. The lowest BCUT2D eigenvalue weighted by Crippen LogP contribution is -2.61. The number of hydrogen-bond donors (Lipinski definition) is 6. The number of nitrogens with one attached hydrogen (secondary N) is 1. The third-order valence-electron chi connectivity index (χ3n) is 18.3. The Balaban J connectivity index is 2.51. The van der Waals surface area contributed by atoms with Crippen molar-refractivity contribution in [1.29, 1.82) is 0 Å². The largest absolute Gasteiger partial charge is 0.454 e. The van der Waals surface area contributed by atoms with E-state index in [-0.39, 0.29) is 19.4 Å². The molecule has 11 heteroatoms. The van der Waals surface area contributed by atoms with Gasteiger partial charge in [0, 0.05) is 6.42 Å². The van der Waals surface area contributed by atoms with Gasteiger partial charge in [-0.1, -0.05) is 338 Å². The summed E-state index contributed by atoms with van der Waals surface area (Å²) >= 11 is 0. The molecule has 0 aromatic carbocycles. The minimum atomic E-state index is -1.62. The number of unbranched alkanes of at least 4 members (excludes halogenated alkanes) is 44. The summed E-state index contributed by atoms with van der Waals surface area (Å²) in [6.07, 6.45) is 79.5. The van der Waals surface area contributed by atoms with Crippen molar-refractivity contribution in [2.24, 2.45) is 0 Å². The van der Waals surface area contributed by atoms with E-state index in [4.69, 9.17) is 14.2 Å². The summed E-state index contributed by atoms with van der Waals surface area (Å²) in [5.41, 5.74) is 0. The fourth-order valence-corrected chi connectivity index (χ4v) is 12.2. The number of allylic oxidation sites excluding steroid dienone is 11. The standard InChI is InChI=1S/C81H147NO10/c1-4-7-10-13-16-19-22-25-27-29-31-33-35-37-39-40-42-44-46-48-50-53-56-59-62-65-68-74(85)80(89)82-72(73(84)67-64-61-58-55-52-24-21-18-15-12-9-6-3)71-90-81-79(78(88)77(87)75(70-83)91-81)92-76(86)69-66-63-60-57-54-51-49-47-45-43-41-38-36-34-32-30-28-26-23-20-17-14-11-8-5-2/h16,19,25-28,31,33,37,39,64,67,72-75,77-79,81,83-85,87-88H,4-15,17-18,20-24,29-30,32,34-36,38,40-63,65-66,68-71H2,1-3H3,(H,82,89)/b19-16-,27-25-,28-26+,33-31-,39-37-,67-64+. The quantitative estimate of drug-likeness (QED) is 0.0195. The second-order valence-corrected chi connectivity index (χ2v) is 27.1. The molecule has 1 aliphatic heterocycles. The number of rotatable bonds is 68. The number of hydrogen-bond acceptors (Lipinski definition) is 10. The molecule has 0 spiro atoms. The highest BCUT2D eigenvalue weighted by Crippen LogP contribution is 2.27. The number of aliphatic hydroxyl groups excluding tert-OH is 5. The second-order valence-electron chi connectivity index (χ2n) is 27.1. The van der Waals surface area contributed by atoms with Gasteiger partial charge < -0.3 is 45.1 Å². The first kappa shape index (κ1) is 87.1. The van der Waals surface area contributed by atoms with Crippen LogP contribution in [-0.2, 0) is 23.8 Å². The molecule has 1 saturated heterocycles. The summed E-state index contributed by atoms with van der Waals surface area (Å²) in [6, 6.07) is -1.03. The van der Waals surface area contributed by atoms with Crippen molar-refractivity contribution >= 4 is 11.9 Å². The molecule has 0 aliphatic carbocycles. The van der Waals surface area contributed by atoms with Crippen LogP contribution >= 0.6 is 0 Å². The fourth-order valence-electron chi connectivity index (χ4n) is 12.2. The van der Waals surface area contributed by atoms with Crippen molar-refractivity contribution in [2.45, 2.75) is 416 Å². The van der Waals surface area contributed by atoms with Crippen LogP contribution in [0.1, 0.15) is 367 Å². The highest BCUT2D eigenvalue weighted by Gasteiger charge is 2.47. The molecule has 0 bridgehead atoms. The maximum atomic E-state index is 13.5. The molecular formula is C81H147NO10. The number of ether oxygens (including phenoxy) is 3. The molecule has 0 aromatic heterocycles. The molecule has 0 saturated carbocycles. The van der Waals surface area contributed by atoms with Crippen molar-refractivity contribution in [3.63, 3.8) is 0 Å². The van der Waals surface area contributed by atoms with Crippen LogP contribution in [-0.4, -0.2) is 99.6 Å². The van der Waals surface area contributed by atoms with Crippen LogP contribution in [0, 0.1) is 0 Å². The van der Waals surface area contributed by atoms with E-state index in [9.17, 15) is 35.1 Å². The number of esters is 1. The van der Waals surface area contributed by atoms with Gasteiger partial charge in [0.25, 0.3) is 0 Å². The van der Waals surface area contributed by atoms with E-state index in [1.165, 1.54) is 238 Å². The van der Waals surface area contributed by atoms with Crippen molar-refractivity contribution in [2.75, 3.05) is 13.2 Å². The zero-order valence-corrected chi connectivity index (χ0v) is 59.9. The first-order chi connectivity index (χ1) is 45.2. The molecule has 1 heterocycles. The van der Waals surface area contributed by atoms with Crippen LogP contribution in [0.25, 0.3) is 0 Å². The molecule has 6 N–H and O–H groups in total. The minimum absolute atomic E-state index is 0.125. The van der Waals surface area contributed by atoms with Crippen molar-refractivity contribution in [3.05, 3.63) is 72.9 Å². The number of amides is 1. The summed E-state index contributed by atoms with van der Waals surface area (Å²) < 4.78 is 17.7. The lowest BCUT2D eigenvalue weighted by Gasteiger charge is -2.41. The molecule has 536 valence electrons. The lowest BCUT2D eigenvalue weighted by molar-refractivity contribution is -0.305. The molecule has 1 rings (SSSR count). The van der Waals surface area contributed by atoms with Gasteiger partial charge in [-0.25, -0.2) is 0 Å². The van der Waals surface area contributed by atoms with E-state index < -0.39 is 67.4 Å². The first-order valence-electron chi connectivity index (χ1n) is 39.2. The SMILES string of the molecule is CCCCC/C=C\C/C=C\C/C=C\C/C=C\CCCCCCCCCCCCC(O)C(=O)NC(COC1OC(CO)C(O)C(O)C1OC(=O)CCCCCCCCCCCCCCCCC/C=C/CCCCCCCC)C(O)/C=C/CCCCCCCCCCCC. The van der Waals surface area contributed by atoms with Gasteiger partial charge in [0.05, 0.1) is 25.4 Å². The number of carbonyl (C=O) groups is 2. The van der Waals surface area contributed by atoms with Gasteiger partial charge >= 0.3 is 5.97 Å². The van der Waals surface area contributed by atoms with Crippen molar-refractivity contribution in [3.8, 4) is 0 Å². The Morgan fingerprint density at radius 2 is 0.750 bits per heavy atom. The predicted octanol–water partition coefficient (Wildman–Crippen LogP) is 21.0. The molecule has 8 atom stereocenters. The smallest absolute Gasteiger partial charge is 0.306 e. The van der Waals surface area contributed by atoms with Crippen LogP contribution in [0.5, 0.6) is 0 Å². The molecule has 92 heavy (non-hydrogen) atoms. The average Bonchev–Trinajstić information content (AvgIpc) is 0.881. The summed E-state index contributed by atoms with van der Waals surface area (Å²) in [6.45, 7) is 5.81. The molecule has 0 radical (unpaired) electrons. The zero-order chi connectivity index (χ0) is 66.7. The summed E-state index contributed by atoms with van der Waals surface area (Å²) in [5.74, 6) is -1.19. The normalized spacial score (nSPS) is 18.3. The molecule has 0 aromatic rings. The Hall–Kier alpha value is -2.90. The van der Waals surface area contributed by atoms with Crippen LogP contribution in [0.2, 0.25) is 0 Å². The van der Waals surface area contributed by atoms with Crippen molar-refractivity contribution in [1.82, 2.24) is 5.32 Å². The van der Waals surface area contributed by atoms with Gasteiger partial charge in [0.15, 0.2) is 12.4 Å². The Morgan fingerprint density at radius 3 is 1.15 bits per heavy atom. The minimum Gasteiger partial charge on any atom is -0.454 e. The second kappa shape index (κ2) is 68.1. The highest BCUT2D eigenvalue weighted by atomic mass is 16.7. The van der Waals surface area contributed by atoms with E-state index in [2.05, 4.69) is 86.8 Å². The third kappa shape index (κ3) is 54.2. The third-order valence-corrected chi connectivity index (χ3v) is 18.3. The highest BCUT2D eigenvalue weighted by molar-refractivity contribution is 5.80. The molecule has 11 nitrogen and oxygen atoms in total. The Labute approximate surface area is 566 Å². The Morgan fingerprint density at radius 1 is 0.424 bits per heavy atom. The topological polar surface area (TPSA) is 175 Å². The van der Waals surface area contributed by atoms with Crippen LogP contribution in [0.4, 0.5) is 0 Å². The molecular weight excluding hydrogens is 1150 g/mol. The monoisotopic (exact) mass is 1290 g/mol. The van der Waals surface area contributed by atoms with Gasteiger partial charge in [0.2, 0.25) is 5.91 Å². The van der Waals surface area contributed by atoms with E-state index >= 15 is 0 Å². The van der Waals surface area contributed by atoms with E-state index in [0.717, 1.165) is 83.5 Å². The molecule has 1 amide bonds. The fraction of sp³-hybridized carbons (Fsp3) is 0.827. The van der Waals surface area contributed by atoms with E-state index in [1.807, 2.05) is 6.08 Å². The summed E-state index contributed by atoms with van der Waals surface area (Å²) in [5, 5.41) is 57.4. The van der Waals surface area contributed by atoms with Gasteiger partial charge in [0.1, 0.15) is 24.4 Å². The lowest BCUT2D eigenvalue weighted by atomic mass is 9.99. The number of carbonyl (C=O) groups excluding carboxylic acids is 2. The van der Waals surface area contributed by atoms with Crippen LogP contribution in [0.3, 0.4) is 0 Å².